The fourth-order valence-corrected chi connectivity index (χ4v) is 4.46. The van der Waals surface area contributed by atoms with Crippen LogP contribution < -0.4 is 0 Å². The first-order valence-corrected chi connectivity index (χ1v) is 10.5. The molecule has 0 bridgehead atoms. The number of halogens is 1. The number of aromatic nitrogens is 2. The second-order valence-corrected chi connectivity index (χ2v) is 8.43. The molecule has 3 aromatic rings. The molecule has 1 heterocycles. The molecule has 0 saturated heterocycles. The van der Waals surface area contributed by atoms with E-state index in [-0.39, 0.29) is 5.56 Å². The quantitative estimate of drug-likeness (QED) is 0.487. The third-order valence-corrected chi connectivity index (χ3v) is 6.26. The number of nitrogens with zero attached hydrogens (tertiary/aromatic N) is 1. The molecule has 4 nitrogen and oxygen atoms in total. The maximum atomic E-state index is 12.5. The average Bonchev–Trinajstić information content (AvgIpc) is 3.18. The number of rotatable bonds is 5. The normalized spacial score (nSPS) is 13.7. The van der Waals surface area contributed by atoms with E-state index in [4.69, 9.17) is 0 Å². The van der Waals surface area contributed by atoms with E-state index in [1.807, 2.05) is 37.3 Å². The van der Waals surface area contributed by atoms with Crippen molar-refractivity contribution in [3.05, 3.63) is 82.3 Å². The molecule has 2 aromatic carbocycles. The SMILES string of the molecule is C=C(SC1=CCCC=C1C)c1ccc(-c2nc3c(C(=O)OF)cc(C)cc3[nH]2)cc1. The Morgan fingerprint density at radius 2 is 1.90 bits per heavy atom. The maximum Gasteiger partial charge on any atom is 0.381 e. The van der Waals surface area contributed by atoms with Crippen LogP contribution in [-0.4, -0.2) is 15.9 Å². The van der Waals surface area contributed by atoms with E-state index in [1.165, 1.54) is 10.5 Å². The lowest BCUT2D eigenvalue weighted by Gasteiger charge is -2.14. The van der Waals surface area contributed by atoms with Crippen LogP contribution in [0.15, 0.2) is 65.6 Å². The molecular formula is C24H21FN2O2S. The molecule has 0 saturated carbocycles. The Kier molecular flexibility index (Phi) is 5.59. The summed E-state index contributed by atoms with van der Waals surface area (Å²) < 4.78 is 12.5. The fourth-order valence-electron chi connectivity index (χ4n) is 3.50. The number of aromatic amines is 1. The number of carbonyl (C=O) groups excluding carboxylic acids is 1. The summed E-state index contributed by atoms with van der Waals surface area (Å²) in [6, 6.07) is 11.3. The minimum atomic E-state index is -1.05. The van der Waals surface area contributed by atoms with Crippen molar-refractivity contribution in [1.82, 2.24) is 9.97 Å². The zero-order valence-corrected chi connectivity index (χ0v) is 17.6. The van der Waals surface area contributed by atoms with E-state index in [0.717, 1.165) is 34.4 Å². The summed E-state index contributed by atoms with van der Waals surface area (Å²) in [7, 11) is 0. The number of imidazole rings is 1. The van der Waals surface area contributed by atoms with Crippen LogP contribution in [0.5, 0.6) is 0 Å². The molecule has 0 radical (unpaired) electrons. The molecule has 0 fully saturated rings. The summed E-state index contributed by atoms with van der Waals surface area (Å²) in [5.74, 6) is -0.450. The average molecular weight is 421 g/mol. The van der Waals surface area contributed by atoms with Crippen molar-refractivity contribution in [3.63, 3.8) is 0 Å². The van der Waals surface area contributed by atoms with Crippen molar-refractivity contribution in [3.8, 4) is 11.4 Å². The van der Waals surface area contributed by atoms with Gasteiger partial charge in [-0.25, -0.2) is 14.7 Å². The fraction of sp³-hybridized carbons (Fsp3) is 0.167. The van der Waals surface area contributed by atoms with Gasteiger partial charge in [0.15, 0.2) is 0 Å². The number of hydrogen-bond acceptors (Lipinski definition) is 4. The van der Waals surface area contributed by atoms with E-state index in [9.17, 15) is 9.32 Å². The van der Waals surface area contributed by atoms with Gasteiger partial charge in [0.2, 0.25) is 0 Å². The molecule has 4 rings (SSSR count). The van der Waals surface area contributed by atoms with Crippen LogP contribution in [0.3, 0.4) is 0 Å². The molecule has 1 N–H and O–H groups in total. The summed E-state index contributed by atoms with van der Waals surface area (Å²) in [5.41, 5.74) is 5.14. The van der Waals surface area contributed by atoms with Crippen LogP contribution in [0, 0.1) is 6.92 Å². The summed E-state index contributed by atoms with van der Waals surface area (Å²) in [4.78, 5) is 25.1. The van der Waals surface area contributed by atoms with E-state index < -0.39 is 5.97 Å². The summed E-state index contributed by atoms with van der Waals surface area (Å²) in [6.45, 7) is 8.18. The zero-order valence-electron chi connectivity index (χ0n) is 16.8. The molecule has 0 aliphatic heterocycles. The molecule has 152 valence electrons. The molecule has 30 heavy (non-hydrogen) atoms. The second kappa shape index (κ2) is 8.32. The predicted octanol–water partition coefficient (Wildman–Crippen LogP) is 6.91. The van der Waals surface area contributed by atoms with Crippen molar-refractivity contribution in [1.29, 1.82) is 0 Å². The number of hydrogen-bond donors (Lipinski definition) is 1. The highest BCUT2D eigenvalue weighted by atomic mass is 32.2. The zero-order chi connectivity index (χ0) is 21.3. The van der Waals surface area contributed by atoms with Crippen LogP contribution in [0.1, 0.15) is 41.3 Å². The summed E-state index contributed by atoms with van der Waals surface area (Å²) in [5, 5.41) is 0. The Balaban J connectivity index is 1.60. The lowest BCUT2D eigenvalue weighted by atomic mass is 10.1. The molecule has 1 aromatic heterocycles. The molecule has 0 amide bonds. The molecular weight excluding hydrogens is 399 g/mol. The van der Waals surface area contributed by atoms with Gasteiger partial charge in [-0.1, -0.05) is 54.8 Å². The van der Waals surface area contributed by atoms with Gasteiger partial charge in [-0.2, -0.15) is 0 Å². The Bertz CT molecular complexity index is 1210. The van der Waals surface area contributed by atoms with Crippen LogP contribution in [0.4, 0.5) is 4.53 Å². The van der Waals surface area contributed by atoms with E-state index in [2.05, 4.69) is 40.6 Å². The lowest BCUT2D eigenvalue weighted by Crippen LogP contribution is -2.00. The van der Waals surface area contributed by atoms with Gasteiger partial charge in [-0.3, -0.25) is 0 Å². The van der Waals surface area contributed by atoms with Crippen LogP contribution >= 0.6 is 11.8 Å². The van der Waals surface area contributed by atoms with Crippen molar-refractivity contribution in [2.45, 2.75) is 26.7 Å². The number of aryl methyl sites for hydroxylation is 1. The van der Waals surface area contributed by atoms with Crippen molar-refractivity contribution in [2.75, 3.05) is 0 Å². The molecule has 0 unspecified atom stereocenters. The van der Waals surface area contributed by atoms with E-state index in [0.29, 0.717) is 16.9 Å². The van der Waals surface area contributed by atoms with Gasteiger partial charge in [0.05, 0.1) is 11.1 Å². The Morgan fingerprint density at radius 1 is 1.17 bits per heavy atom. The smallest absolute Gasteiger partial charge is 0.338 e. The number of benzene rings is 2. The van der Waals surface area contributed by atoms with Gasteiger partial charge in [0.1, 0.15) is 11.3 Å². The monoisotopic (exact) mass is 420 g/mol. The van der Waals surface area contributed by atoms with Gasteiger partial charge >= 0.3 is 5.97 Å². The molecule has 0 spiro atoms. The van der Waals surface area contributed by atoms with Crippen LogP contribution in [0.2, 0.25) is 0 Å². The third kappa shape index (κ3) is 3.96. The number of fused-ring (bicyclic) bond motifs is 1. The third-order valence-electron chi connectivity index (χ3n) is 5.07. The Morgan fingerprint density at radius 3 is 2.60 bits per heavy atom. The first kappa shape index (κ1) is 20.2. The number of thioether (sulfide) groups is 1. The molecule has 1 aliphatic carbocycles. The minimum Gasteiger partial charge on any atom is -0.338 e. The van der Waals surface area contributed by atoms with Crippen molar-refractivity contribution >= 4 is 33.7 Å². The minimum absolute atomic E-state index is 0.0978. The number of allylic oxidation sites excluding steroid dienone is 3. The molecule has 1 aliphatic rings. The van der Waals surface area contributed by atoms with Gasteiger partial charge < -0.3 is 4.98 Å². The number of carbonyl (C=O) groups is 1. The topological polar surface area (TPSA) is 55.0 Å². The van der Waals surface area contributed by atoms with Crippen molar-refractivity contribution < 1.29 is 14.3 Å². The Labute approximate surface area is 178 Å². The largest absolute Gasteiger partial charge is 0.381 e. The lowest BCUT2D eigenvalue weighted by molar-refractivity contribution is -0.0786. The summed E-state index contributed by atoms with van der Waals surface area (Å²) >= 11 is 1.68. The number of nitrogens with one attached hydrogen (secondary N) is 1. The van der Waals surface area contributed by atoms with Gasteiger partial charge in [-0.15, -0.1) is 0 Å². The van der Waals surface area contributed by atoms with Gasteiger partial charge in [0.25, 0.3) is 0 Å². The second-order valence-electron chi connectivity index (χ2n) is 7.29. The van der Waals surface area contributed by atoms with E-state index in [1.54, 1.807) is 17.8 Å². The standard InChI is InChI=1S/C24H21FN2O2S/c1-14-12-19(24(28)29-25)22-20(13-14)26-23(27-22)18-10-8-17(9-11-18)16(3)30-21-7-5-4-6-15(21)2/h6-13H,3-5H2,1-2H3,(H,26,27). The predicted molar refractivity (Wildman–Crippen MR) is 120 cm³/mol. The van der Waals surface area contributed by atoms with Gasteiger partial charge in [0, 0.05) is 19.9 Å². The molecule has 0 atom stereocenters. The van der Waals surface area contributed by atoms with E-state index >= 15 is 0 Å². The van der Waals surface area contributed by atoms with Gasteiger partial charge in [-0.05, 0) is 55.5 Å². The van der Waals surface area contributed by atoms with Crippen LogP contribution in [0.25, 0.3) is 27.3 Å². The highest BCUT2D eigenvalue weighted by Crippen LogP contribution is 2.38. The number of H-pyrrole nitrogens is 1. The molecule has 6 heteroatoms. The first-order valence-electron chi connectivity index (χ1n) is 9.64. The Hall–Kier alpha value is -3.12. The highest BCUT2D eigenvalue weighted by molar-refractivity contribution is 8.12. The first-order chi connectivity index (χ1) is 14.5. The van der Waals surface area contributed by atoms with Crippen LogP contribution in [-0.2, 0) is 4.94 Å². The van der Waals surface area contributed by atoms with Crippen molar-refractivity contribution in [2.24, 2.45) is 0 Å². The maximum absolute atomic E-state index is 12.5. The summed E-state index contributed by atoms with van der Waals surface area (Å²) in [6.07, 6.45) is 6.68. The highest BCUT2D eigenvalue weighted by Gasteiger charge is 2.17.